The Hall–Kier alpha value is -1.46. The topological polar surface area (TPSA) is 89.4 Å². The number of aliphatic hydroxyl groups excluding tert-OH is 1. The number of rotatable bonds is 3. The van der Waals surface area contributed by atoms with Crippen molar-refractivity contribution in [2.75, 3.05) is 0 Å². The molecule has 76 valence electrons. The number of nitrogens with zero attached hydrogens (tertiary/aromatic N) is 1. The lowest BCUT2D eigenvalue weighted by Gasteiger charge is -2.14. The highest BCUT2D eigenvalue weighted by Gasteiger charge is 2.13. The van der Waals surface area contributed by atoms with Gasteiger partial charge in [0.15, 0.2) is 0 Å². The van der Waals surface area contributed by atoms with Gasteiger partial charge < -0.3 is 10.8 Å². The van der Waals surface area contributed by atoms with Gasteiger partial charge in [-0.1, -0.05) is 12.1 Å². The Morgan fingerprint density at radius 3 is 2.29 bits per heavy atom. The molecule has 0 saturated carbocycles. The maximum atomic E-state index is 10.3. The number of hydrogen-bond acceptors (Lipinski definition) is 4. The average Bonchev–Trinajstić information content (AvgIpc) is 2.16. The second-order valence-corrected chi connectivity index (χ2v) is 3.12. The number of nitrogens with two attached hydrogens (primary N) is 1. The Morgan fingerprint density at radius 2 is 1.93 bits per heavy atom. The zero-order chi connectivity index (χ0) is 10.7. The Morgan fingerprint density at radius 1 is 1.43 bits per heavy atom. The maximum absolute atomic E-state index is 10.3. The van der Waals surface area contributed by atoms with E-state index in [0.29, 0.717) is 5.56 Å². The van der Waals surface area contributed by atoms with Crippen molar-refractivity contribution in [1.82, 2.24) is 0 Å². The highest BCUT2D eigenvalue weighted by Crippen LogP contribution is 2.18. The van der Waals surface area contributed by atoms with Crippen molar-refractivity contribution < 1.29 is 10.0 Å². The van der Waals surface area contributed by atoms with Crippen molar-refractivity contribution in [3.05, 3.63) is 39.9 Å². The third kappa shape index (κ3) is 2.27. The normalized spacial score (nSPS) is 14.8. The molecule has 0 amide bonds. The van der Waals surface area contributed by atoms with Crippen LogP contribution >= 0.6 is 0 Å². The molecule has 0 aromatic heterocycles. The first-order chi connectivity index (χ1) is 6.52. The number of nitro benzene ring substituents is 1. The van der Waals surface area contributed by atoms with Crippen LogP contribution in [0.1, 0.15) is 18.5 Å². The summed E-state index contributed by atoms with van der Waals surface area (Å²) >= 11 is 0. The maximum Gasteiger partial charge on any atom is 0.269 e. The van der Waals surface area contributed by atoms with Gasteiger partial charge in [-0.2, -0.15) is 0 Å². The van der Waals surface area contributed by atoms with Gasteiger partial charge in [0.1, 0.15) is 0 Å². The standard InChI is InChI=1S/C9H12N2O3/c1-6(12)9(10)7-2-4-8(5-3-7)11(13)14/h2-6,9,12H,10H2,1H3/t6-,9+/m0/s1. The van der Waals surface area contributed by atoms with Crippen molar-refractivity contribution in [3.63, 3.8) is 0 Å². The third-order valence-corrected chi connectivity index (χ3v) is 2.01. The summed E-state index contributed by atoms with van der Waals surface area (Å²) in [4.78, 5) is 9.87. The SMILES string of the molecule is C[C@H](O)[C@@H](N)c1ccc([N+](=O)[O-])cc1. The first-order valence-corrected chi connectivity index (χ1v) is 4.20. The molecule has 0 radical (unpaired) electrons. The summed E-state index contributed by atoms with van der Waals surface area (Å²) < 4.78 is 0. The van der Waals surface area contributed by atoms with Gasteiger partial charge in [0, 0.05) is 12.1 Å². The van der Waals surface area contributed by atoms with E-state index in [-0.39, 0.29) is 5.69 Å². The van der Waals surface area contributed by atoms with Crippen LogP contribution in [0.4, 0.5) is 5.69 Å². The number of non-ortho nitro benzene ring substituents is 1. The second-order valence-electron chi connectivity index (χ2n) is 3.12. The highest BCUT2D eigenvalue weighted by molar-refractivity contribution is 5.34. The molecule has 3 N–H and O–H groups in total. The van der Waals surface area contributed by atoms with Crippen LogP contribution in [0.3, 0.4) is 0 Å². The average molecular weight is 196 g/mol. The molecule has 1 rings (SSSR count). The smallest absolute Gasteiger partial charge is 0.269 e. The predicted molar refractivity (Wildman–Crippen MR) is 51.7 cm³/mol. The molecule has 0 aliphatic carbocycles. The molecule has 0 bridgehead atoms. The van der Waals surface area contributed by atoms with Crippen molar-refractivity contribution in [2.45, 2.75) is 19.1 Å². The molecular formula is C9H12N2O3. The Bertz CT molecular complexity index is 321. The molecule has 2 atom stereocenters. The summed E-state index contributed by atoms with van der Waals surface area (Å²) in [6.07, 6.45) is -0.670. The number of aliphatic hydroxyl groups is 1. The second kappa shape index (κ2) is 4.17. The molecule has 5 heteroatoms. The van der Waals surface area contributed by atoms with E-state index in [1.165, 1.54) is 12.1 Å². The predicted octanol–water partition coefficient (Wildman–Crippen LogP) is 0.975. The van der Waals surface area contributed by atoms with Gasteiger partial charge >= 0.3 is 0 Å². The molecule has 1 aromatic carbocycles. The summed E-state index contributed by atoms with van der Waals surface area (Å²) in [5, 5.41) is 19.5. The molecule has 0 aliphatic heterocycles. The van der Waals surface area contributed by atoms with Gasteiger partial charge in [-0.25, -0.2) is 0 Å². The third-order valence-electron chi connectivity index (χ3n) is 2.01. The summed E-state index contributed by atoms with van der Waals surface area (Å²) in [7, 11) is 0. The first-order valence-electron chi connectivity index (χ1n) is 4.20. The minimum Gasteiger partial charge on any atom is -0.391 e. The molecule has 1 aromatic rings. The zero-order valence-electron chi connectivity index (χ0n) is 7.75. The molecule has 5 nitrogen and oxygen atoms in total. The van der Waals surface area contributed by atoms with Gasteiger partial charge in [0.2, 0.25) is 0 Å². The van der Waals surface area contributed by atoms with Crippen LogP contribution in [-0.2, 0) is 0 Å². The summed E-state index contributed by atoms with van der Waals surface area (Å²) in [6, 6.07) is 5.34. The fourth-order valence-electron chi connectivity index (χ4n) is 1.10. The molecule has 0 saturated heterocycles. The molecule has 0 heterocycles. The van der Waals surface area contributed by atoms with Crippen LogP contribution in [0, 0.1) is 10.1 Å². The van der Waals surface area contributed by atoms with Crippen LogP contribution in [0.5, 0.6) is 0 Å². The Labute approximate surface area is 81.3 Å². The minimum absolute atomic E-state index is 0.0199. The first kappa shape index (κ1) is 10.6. The molecule has 14 heavy (non-hydrogen) atoms. The van der Waals surface area contributed by atoms with Gasteiger partial charge in [0.05, 0.1) is 17.1 Å². The van der Waals surface area contributed by atoms with E-state index in [4.69, 9.17) is 5.73 Å². The number of benzene rings is 1. The quantitative estimate of drug-likeness (QED) is 0.557. The Kier molecular flexibility index (Phi) is 3.16. The van der Waals surface area contributed by atoms with Gasteiger partial charge in [-0.05, 0) is 12.5 Å². The van der Waals surface area contributed by atoms with Gasteiger partial charge in [0.25, 0.3) is 5.69 Å². The largest absolute Gasteiger partial charge is 0.391 e. The van der Waals surface area contributed by atoms with Gasteiger partial charge in [-0.3, -0.25) is 10.1 Å². The van der Waals surface area contributed by atoms with Crippen LogP contribution in [0.15, 0.2) is 24.3 Å². The zero-order valence-corrected chi connectivity index (χ0v) is 7.75. The van der Waals surface area contributed by atoms with E-state index in [1.54, 1.807) is 19.1 Å². The van der Waals surface area contributed by atoms with E-state index in [1.807, 2.05) is 0 Å². The number of hydrogen-bond donors (Lipinski definition) is 2. The fourth-order valence-corrected chi connectivity index (χ4v) is 1.10. The van der Waals surface area contributed by atoms with Crippen molar-refractivity contribution >= 4 is 5.69 Å². The van der Waals surface area contributed by atoms with Crippen LogP contribution in [0.2, 0.25) is 0 Å². The lowest BCUT2D eigenvalue weighted by atomic mass is 10.0. The van der Waals surface area contributed by atoms with E-state index in [9.17, 15) is 15.2 Å². The molecule has 0 aliphatic rings. The van der Waals surface area contributed by atoms with Crippen molar-refractivity contribution in [3.8, 4) is 0 Å². The summed E-state index contributed by atoms with van der Waals surface area (Å²) in [6.45, 7) is 1.58. The van der Waals surface area contributed by atoms with E-state index in [0.717, 1.165) is 0 Å². The molecular weight excluding hydrogens is 184 g/mol. The summed E-state index contributed by atoms with van der Waals surface area (Å²) in [5.41, 5.74) is 6.35. The Balaban J connectivity index is 2.88. The summed E-state index contributed by atoms with van der Waals surface area (Å²) in [5.74, 6) is 0. The van der Waals surface area contributed by atoms with Crippen LogP contribution in [-0.4, -0.2) is 16.1 Å². The van der Waals surface area contributed by atoms with E-state index >= 15 is 0 Å². The van der Waals surface area contributed by atoms with Crippen molar-refractivity contribution in [2.24, 2.45) is 5.73 Å². The molecule has 0 spiro atoms. The molecule has 0 unspecified atom stereocenters. The fraction of sp³-hybridized carbons (Fsp3) is 0.333. The van der Waals surface area contributed by atoms with E-state index in [2.05, 4.69) is 0 Å². The lowest BCUT2D eigenvalue weighted by molar-refractivity contribution is -0.384. The van der Waals surface area contributed by atoms with Crippen LogP contribution < -0.4 is 5.73 Å². The lowest BCUT2D eigenvalue weighted by Crippen LogP contribution is -2.22. The van der Waals surface area contributed by atoms with E-state index < -0.39 is 17.1 Å². The molecule has 0 fully saturated rings. The monoisotopic (exact) mass is 196 g/mol. The van der Waals surface area contributed by atoms with Gasteiger partial charge in [-0.15, -0.1) is 0 Å². The van der Waals surface area contributed by atoms with Crippen LogP contribution in [0.25, 0.3) is 0 Å². The number of nitro groups is 1. The highest BCUT2D eigenvalue weighted by atomic mass is 16.6. The van der Waals surface area contributed by atoms with Crippen molar-refractivity contribution in [1.29, 1.82) is 0 Å². The minimum atomic E-state index is -0.670.